The third kappa shape index (κ3) is 6.78. The Morgan fingerprint density at radius 1 is 1.29 bits per heavy atom. The molecular weight excluding hydrogens is 264 g/mol. The second-order valence-electron chi connectivity index (χ2n) is 6.15. The van der Waals surface area contributed by atoms with Crippen LogP contribution in [0.5, 0.6) is 5.75 Å². The Hall–Kier alpha value is -1.32. The third-order valence-electron chi connectivity index (χ3n) is 3.71. The van der Waals surface area contributed by atoms with Crippen LogP contribution < -0.4 is 4.74 Å². The molecular formula is C18H28O3. The fraction of sp³-hybridized carbons (Fsp3) is 0.556. The molecule has 1 aromatic rings. The van der Waals surface area contributed by atoms with Gasteiger partial charge in [-0.05, 0) is 64.2 Å². The maximum atomic E-state index is 9.80. The maximum Gasteiger partial charge on any atom is 0.118 e. The highest BCUT2D eigenvalue weighted by Gasteiger charge is 2.23. The van der Waals surface area contributed by atoms with Crippen molar-refractivity contribution in [2.45, 2.75) is 58.2 Å². The first-order valence-corrected chi connectivity index (χ1v) is 7.52. The number of allylic oxidation sites excluding steroid dienone is 2. The Labute approximate surface area is 128 Å². The minimum atomic E-state index is -1.02. The molecule has 0 aromatic heterocycles. The van der Waals surface area contributed by atoms with E-state index >= 15 is 0 Å². The average Bonchev–Trinajstić information content (AvgIpc) is 2.44. The molecule has 1 atom stereocenters. The predicted molar refractivity (Wildman–Crippen MR) is 86.6 cm³/mol. The molecule has 0 saturated carbocycles. The van der Waals surface area contributed by atoms with Gasteiger partial charge in [0.1, 0.15) is 5.75 Å². The fourth-order valence-electron chi connectivity index (χ4n) is 2.10. The van der Waals surface area contributed by atoms with Gasteiger partial charge in [0.05, 0.1) is 18.8 Å². The minimum absolute atomic E-state index is 0.592. The van der Waals surface area contributed by atoms with E-state index < -0.39 is 11.7 Å². The van der Waals surface area contributed by atoms with Crippen molar-refractivity contribution in [3.63, 3.8) is 0 Å². The molecule has 0 heterocycles. The summed E-state index contributed by atoms with van der Waals surface area (Å²) in [4.78, 5) is 0. The van der Waals surface area contributed by atoms with E-state index in [4.69, 9.17) is 4.74 Å². The smallest absolute Gasteiger partial charge is 0.118 e. The van der Waals surface area contributed by atoms with Crippen LogP contribution in [-0.2, 0) is 6.42 Å². The molecule has 0 aliphatic carbocycles. The average molecular weight is 292 g/mol. The largest absolute Gasteiger partial charge is 0.497 e. The second kappa shape index (κ2) is 8.20. The van der Waals surface area contributed by atoms with Crippen LogP contribution in [0.1, 0.15) is 45.6 Å². The van der Waals surface area contributed by atoms with Crippen molar-refractivity contribution in [1.29, 1.82) is 0 Å². The molecule has 0 spiro atoms. The van der Waals surface area contributed by atoms with Gasteiger partial charge in [-0.25, -0.2) is 0 Å². The van der Waals surface area contributed by atoms with E-state index in [1.165, 1.54) is 11.1 Å². The van der Waals surface area contributed by atoms with E-state index in [9.17, 15) is 10.2 Å². The molecule has 118 valence electrons. The highest BCUT2D eigenvalue weighted by molar-refractivity contribution is 5.27. The highest BCUT2D eigenvalue weighted by Crippen LogP contribution is 2.17. The summed E-state index contributed by atoms with van der Waals surface area (Å²) in [6.45, 7) is 5.35. The molecule has 0 unspecified atom stereocenters. The fourth-order valence-corrected chi connectivity index (χ4v) is 2.10. The van der Waals surface area contributed by atoms with Gasteiger partial charge in [-0.3, -0.25) is 0 Å². The summed E-state index contributed by atoms with van der Waals surface area (Å²) in [7, 11) is 1.67. The quantitative estimate of drug-likeness (QED) is 0.721. The SMILES string of the molecule is COc1ccc(CC/C=C(\C)CC[C@@H](O)C(C)(C)O)cc1. The number of hydrogen-bond donors (Lipinski definition) is 2. The van der Waals surface area contributed by atoms with Crippen LogP contribution in [0.3, 0.4) is 0 Å². The van der Waals surface area contributed by atoms with Gasteiger partial charge in [-0.15, -0.1) is 0 Å². The number of methoxy groups -OCH3 is 1. The molecule has 2 N–H and O–H groups in total. The Kier molecular flexibility index (Phi) is 6.93. The van der Waals surface area contributed by atoms with Crippen LogP contribution in [-0.4, -0.2) is 29.0 Å². The molecule has 0 fully saturated rings. The van der Waals surface area contributed by atoms with Crippen molar-refractivity contribution in [3.05, 3.63) is 41.5 Å². The molecule has 0 amide bonds. The lowest BCUT2D eigenvalue weighted by molar-refractivity contribution is -0.0509. The number of rotatable bonds is 8. The van der Waals surface area contributed by atoms with E-state index in [1.807, 2.05) is 12.1 Å². The molecule has 0 bridgehead atoms. The van der Waals surface area contributed by atoms with E-state index in [-0.39, 0.29) is 0 Å². The van der Waals surface area contributed by atoms with Crippen LogP contribution in [0.15, 0.2) is 35.9 Å². The summed E-state index contributed by atoms with van der Waals surface area (Å²) in [5.74, 6) is 0.881. The van der Waals surface area contributed by atoms with E-state index in [1.54, 1.807) is 21.0 Å². The van der Waals surface area contributed by atoms with Crippen LogP contribution >= 0.6 is 0 Å². The summed E-state index contributed by atoms with van der Waals surface area (Å²) < 4.78 is 5.14. The van der Waals surface area contributed by atoms with Crippen LogP contribution in [0, 0.1) is 0 Å². The van der Waals surface area contributed by atoms with Gasteiger partial charge < -0.3 is 14.9 Å². The zero-order valence-corrected chi connectivity index (χ0v) is 13.6. The van der Waals surface area contributed by atoms with Gasteiger partial charge in [0.25, 0.3) is 0 Å². The van der Waals surface area contributed by atoms with Crippen molar-refractivity contribution in [3.8, 4) is 5.75 Å². The zero-order valence-electron chi connectivity index (χ0n) is 13.6. The number of hydrogen-bond acceptors (Lipinski definition) is 3. The molecule has 3 heteroatoms. The zero-order chi connectivity index (χ0) is 15.9. The Bertz CT molecular complexity index is 441. The molecule has 0 saturated heterocycles. The number of benzene rings is 1. The molecule has 0 radical (unpaired) electrons. The Morgan fingerprint density at radius 2 is 1.90 bits per heavy atom. The molecule has 21 heavy (non-hydrogen) atoms. The molecule has 0 aliphatic heterocycles. The van der Waals surface area contributed by atoms with Gasteiger partial charge in [0.2, 0.25) is 0 Å². The van der Waals surface area contributed by atoms with E-state index in [0.29, 0.717) is 6.42 Å². The number of aryl methyl sites for hydroxylation is 1. The third-order valence-corrected chi connectivity index (χ3v) is 3.71. The number of aliphatic hydroxyl groups excluding tert-OH is 1. The highest BCUT2D eigenvalue weighted by atomic mass is 16.5. The summed E-state index contributed by atoms with van der Waals surface area (Å²) >= 11 is 0. The van der Waals surface area contributed by atoms with Crippen LogP contribution in [0.25, 0.3) is 0 Å². The topological polar surface area (TPSA) is 49.7 Å². The van der Waals surface area contributed by atoms with Gasteiger partial charge in [0.15, 0.2) is 0 Å². The van der Waals surface area contributed by atoms with Crippen LogP contribution in [0.4, 0.5) is 0 Å². The summed E-state index contributed by atoms with van der Waals surface area (Å²) in [6.07, 6.45) is 4.91. The van der Waals surface area contributed by atoms with E-state index in [0.717, 1.165) is 25.0 Å². The van der Waals surface area contributed by atoms with Crippen molar-refractivity contribution in [1.82, 2.24) is 0 Å². The molecule has 1 rings (SSSR count). The normalized spacial score (nSPS) is 14.1. The Balaban J connectivity index is 2.35. The summed E-state index contributed by atoms with van der Waals surface area (Å²) in [5, 5.41) is 19.5. The van der Waals surface area contributed by atoms with Gasteiger partial charge in [0, 0.05) is 0 Å². The number of ether oxygens (including phenoxy) is 1. The first-order chi connectivity index (χ1) is 9.82. The lowest BCUT2D eigenvalue weighted by atomic mass is 9.95. The van der Waals surface area contributed by atoms with Crippen molar-refractivity contribution in [2.75, 3.05) is 7.11 Å². The lowest BCUT2D eigenvalue weighted by Gasteiger charge is -2.24. The van der Waals surface area contributed by atoms with Gasteiger partial charge >= 0.3 is 0 Å². The maximum absolute atomic E-state index is 9.80. The number of aliphatic hydroxyl groups is 2. The lowest BCUT2D eigenvalue weighted by Crippen LogP contribution is -2.35. The standard InChI is InChI=1S/C18H28O3/c1-14(8-13-17(19)18(2,3)20)6-5-7-15-9-11-16(21-4)12-10-15/h6,9-12,17,19-20H,5,7-8,13H2,1-4H3/b14-6+/t17-/m1/s1. The predicted octanol–water partition coefficient (Wildman–Crippen LogP) is 3.49. The van der Waals surface area contributed by atoms with Gasteiger partial charge in [-0.2, -0.15) is 0 Å². The first-order valence-electron chi connectivity index (χ1n) is 7.52. The van der Waals surface area contributed by atoms with Crippen molar-refractivity contribution >= 4 is 0 Å². The second-order valence-corrected chi connectivity index (χ2v) is 6.15. The Morgan fingerprint density at radius 3 is 2.43 bits per heavy atom. The molecule has 3 nitrogen and oxygen atoms in total. The van der Waals surface area contributed by atoms with Crippen molar-refractivity contribution in [2.24, 2.45) is 0 Å². The monoisotopic (exact) mass is 292 g/mol. The van der Waals surface area contributed by atoms with E-state index in [2.05, 4.69) is 25.1 Å². The summed E-state index contributed by atoms with van der Waals surface area (Å²) in [5.41, 5.74) is 1.52. The summed E-state index contributed by atoms with van der Waals surface area (Å²) in [6, 6.07) is 8.12. The van der Waals surface area contributed by atoms with Crippen LogP contribution in [0.2, 0.25) is 0 Å². The first kappa shape index (κ1) is 17.7. The van der Waals surface area contributed by atoms with Crippen molar-refractivity contribution < 1.29 is 14.9 Å². The molecule has 0 aliphatic rings. The van der Waals surface area contributed by atoms with Gasteiger partial charge in [-0.1, -0.05) is 23.8 Å². The minimum Gasteiger partial charge on any atom is -0.497 e. The molecule has 1 aromatic carbocycles.